The van der Waals surface area contributed by atoms with Crippen LogP contribution in [0.3, 0.4) is 0 Å². The summed E-state index contributed by atoms with van der Waals surface area (Å²) >= 11 is 0. The van der Waals surface area contributed by atoms with Crippen LogP contribution < -0.4 is 4.74 Å². The van der Waals surface area contributed by atoms with Gasteiger partial charge >= 0.3 is 0 Å². The fourth-order valence-electron chi connectivity index (χ4n) is 1.01. The van der Waals surface area contributed by atoms with Gasteiger partial charge in [-0.2, -0.15) is 5.26 Å². The van der Waals surface area contributed by atoms with Crippen molar-refractivity contribution in [2.75, 3.05) is 7.11 Å². The van der Waals surface area contributed by atoms with Crippen LogP contribution in [0, 0.1) is 17.2 Å². The first-order valence-electron chi connectivity index (χ1n) is 4.48. The van der Waals surface area contributed by atoms with Crippen LogP contribution in [0.15, 0.2) is 30.3 Å². The third-order valence-electron chi connectivity index (χ3n) is 1.90. The van der Waals surface area contributed by atoms with Gasteiger partial charge in [-0.1, -0.05) is 24.3 Å². The zero-order valence-electron chi connectivity index (χ0n) is 8.40. The van der Waals surface area contributed by atoms with Crippen molar-refractivity contribution in [2.45, 2.75) is 6.92 Å². The molecule has 72 valence electrons. The van der Waals surface area contributed by atoms with Gasteiger partial charge in [0.25, 0.3) is 0 Å². The molecule has 0 saturated carbocycles. The van der Waals surface area contributed by atoms with E-state index in [4.69, 9.17) is 10.00 Å². The number of hydrogen-bond donors (Lipinski definition) is 0. The highest BCUT2D eigenvalue weighted by atomic mass is 16.5. The summed E-state index contributed by atoms with van der Waals surface area (Å²) in [7, 11) is 1.64. The molecule has 0 saturated heterocycles. The normalized spacial score (nSPS) is 12.4. The monoisotopic (exact) mass is 187 g/mol. The summed E-state index contributed by atoms with van der Waals surface area (Å²) in [4.78, 5) is 0. The molecule has 0 fully saturated rings. The second-order valence-electron chi connectivity index (χ2n) is 3.05. The largest absolute Gasteiger partial charge is 0.497 e. The first-order valence-corrected chi connectivity index (χ1v) is 4.48. The Bertz CT molecular complexity index is 346. The zero-order chi connectivity index (χ0) is 10.4. The molecule has 0 aliphatic carbocycles. The molecule has 1 unspecified atom stereocenters. The fraction of sp³-hybridized carbons (Fsp3) is 0.250. The zero-order valence-corrected chi connectivity index (χ0v) is 8.40. The lowest BCUT2D eigenvalue weighted by Crippen LogP contribution is -1.83. The number of nitriles is 1. The molecule has 14 heavy (non-hydrogen) atoms. The smallest absolute Gasteiger partial charge is 0.118 e. The molecule has 2 heteroatoms. The molecule has 0 N–H and O–H groups in total. The van der Waals surface area contributed by atoms with Crippen LogP contribution >= 0.6 is 0 Å². The predicted octanol–water partition coefficient (Wildman–Crippen LogP) is 2.87. The van der Waals surface area contributed by atoms with Crippen LogP contribution in [0.25, 0.3) is 6.08 Å². The minimum Gasteiger partial charge on any atom is -0.497 e. The highest BCUT2D eigenvalue weighted by molar-refractivity contribution is 5.51. The second-order valence-corrected chi connectivity index (χ2v) is 3.05. The Morgan fingerprint density at radius 2 is 2.00 bits per heavy atom. The van der Waals surface area contributed by atoms with E-state index in [1.165, 1.54) is 0 Å². The Morgan fingerprint density at radius 1 is 1.36 bits per heavy atom. The van der Waals surface area contributed by atoms with Gasteiger partial charge in [-0.3, -0.25) is 0 Å². The van der Waals surface area contributed by atoms with Crippen molar-refractivity contribution < 1.29 is 4.74 Å². The summed E-state index contributed by atoms with van der Waals surface area (Å²) in [5.74, 6) is 0.799. The van der Waals surface area contributed by atoms with Crippen LogP contribution in [0.2, 0.25) is 0 Å². The Kier molecular flexibility index (Phi) is 3.75. The van der Waals surface area contributed by atoms with Gasteiger partial charge in [-0.15, -0.1) is 0 Å². The van der Waals surface area contributed by atoms with E-state index in [1.807, 2.05) is 43.3 Å². The van der Waals surface area contributed by atoms with Gasteiger partial charge < -0.3 is 4.74 Å². The highest BCUT2D eigenvalue weighted by Gasteiger charge is 1.92. The van der Waals surface area contributed by atoms with Crippen molar-refractivity contribution in [2.24, 2.45) is 5.92 Å². The first-order chi connectivity index (χ1) is 6.76. The van der Waals surface area contributed by atoms with Crippen molar-refractivity contribution in [1.82, 2.24) is 0 Å². The van der Waals surface area contributed by atoms with E-state index in [2.05, 4.69) is 6.07 Å². The van der Waals surface area contributed by atoms with Crippen molar-refractivity contribution in [3.05, 3.63) is 35.9 Å². The van der Waals surface area contributed by atoms with E-state index in [9.17, 15) is 0 Å². The molecule has 1 aromatic carbocycles. The maximum Gasteiger partial charge on any atom is 0.118 e. The molecule has 0 heterocycles. The summed E-state index contributed by atoms with van der Waals surface area (Å²) in [6.45, 7) is 1.86. The van der Waals surface area contributed by atoms with E-state index in [-0.39, 0.29) is 5.92 Å². The Morgan fingerprint density at radius 3 is 2.50 bits per heavy atom. The Hall–Kier alpha value is -1.75. The Balaban J connectivity index is 2.69. The number of benzene rings is 1. The lowest BCUT2D eigenvalue weighted by molar-refractivity contribution is 0.415. The van der Waals surface area contributed by atoms with E-state index >= 15 is 0 Å². The molecule has 0 radical (unpaired) electrons. The van der Waals surface area contributed by atoms with Gasteiger partial charge in [0.2, 0.25) is 0 Å². The maximum atomic E-state index is 8.57. The van der Waals surface area contributed by atoms with Gasteiger partial charge in [0.15, 0.2) is 0 Å². The summed E-state index contributed by atoms with van der Waals surface area (Å²) in [6, 6.07) is 9.86. The highest BCUT2D eigenvalue weighted by Crippen LogP contribution is 2.12. The second kappa shape index (κ2) is 5.08. The summed E-state index contributed by atoms with van der Waals surface area (Å²) in [6.07, 6.45) is 3.81. The average molecular weight is 187 g/mol. The molecule has 1 atom stereocenters. The van der Waals surface area contributed by atoms with Crippen LogP contribution in [-0.4, -0.2) is 7.11 Å². The Labute approximate surface area is 84.4 Å². The maximum absolute atomic E-state index is 8.57. The minimum atomic E-state index is -0.0444. The summed E-state index contributed by atoms with van der Waals surface area (Å²) in [5.41, 5.74) is 1.08. The molecule has 2 nitrogen and oxygen atoms in total. The standard InChI is InChI=1S/C12H13NO/c1-10(9-13)3-4-11-5-7-12(14-2)8-6-11/h3-8,10H,1-2H3/b4-3+. The van der Waals surface area contributed by atoms with Crippen LogP contribution in [0.4, 0.5) is 0 Å². The third kappa shape index (κ3) is 2.95. The van der Waals surface area contributed by atoms with E-state index < -0.39 is 0 Å². The van der Waals surface area contributed by atoms with Gasteiger partial charge in [-0.05, 0) is 24.6 Å². The fourth-order valence-corrected chi connectivity index (χ4v) is 1.01. The van der Waals surface area contributed by atoms with Crippen molar-refractivity contribution in [3.8, 4) is 11.8 Å². The van der Waals surface area contributed by atoms with E-state index in [0.717, 1.165) is 11.3 Å². The third-order valence-corrected chi connectivity index (χ3v) is 1.90. The number of rotatable bonds is 3. The molecule has 0 bridgehead atoms. The predicted molar refractivity (Wildman–Crippen MR) is 56.8 cm³/mol. The molecule has 1 rings (SSSR count). The van der Waals surface area contributed by atoms with E-state index in [0.29, 0.717) is 0 Å². The molecule has 0 amide bonds. The lowest BCUT2D eigenvalue weighted by atomic mass is 10.1. The number of allylic oxidation sites excluding steroid dienone is 1. The van der Waals surface area contributed by atoms with Gasteiger partial charge in [0.1, 0.15) is 5.75 Å². The molecule has 1 aromatic rings. The molecular weight excluding hydrogens is 174 g/mol. The first kappa shape index (κ1) is 10.3. The van der Waals surface area contributed by atoms with Crippen LogP contribution in [0.1, 0.15) is 12.5 Å². The number of ether oxygens (including phenoxy) is 1. The van der Waals surface area contributed by atoms with Gasteiger partial charge in [0, 0.05) is 0 Å². The average Bonchev–Trinajstić information content (AvgIpc) is 2.26. The molecule has 0 aromatic heterocycles. The quantitative estimate of drug-likeness (QED) is 0.729. The summed E-state index contributed by atoms with van der Waals surface area (Å²) in [5, 5.41) is 8.57. The topological polar surface area (TPSA) is 33.0 Å². The molecule has 0 aliphatic heterocycles. The van der Waals surface area contributed by atoms with Crippen molar-refractivity contribution in [3.63, 3.8) is 0 Å². The van der Waals surface area contributed by atoms with Gasteiger partial charge in [0.05, 0.1) is 19.1 Å². The van der Waals surface area contributed by atoms with E-state index in [1.54, 1.807) is 7.11 Å². The molecular formula is C12H13NO. The molecule has 0 spiro atoms. The minimum absolute atomic E-state index is 0.0444. The number of hydrogen-bond acceptors (Lipinski definition) is 2. The number of methoxy groups -OCH3 is 1. The molecule has 0 aliphatic rings. The lowest BCUT2D eigenvalue weighted by Gasteiger charge is -1.99. The van der Waals surface area contributed by atoms with Crippen LogP contribution in [-0.2, 0) is 0 Å². The van der Waals surface area contributed by atoms with Crippen molar-refractivity contribution in [1.29, 1.82) is 5.26 Å². The number of nitrogens with zero attached hydrogens (tertiary/aromatic N) is 1. The van der Waals surface area contributed by atoms with Gasteiger partial charge in [-0.25, -0.2) is 0 Å². The summed E-state index contributed by atoms with van der Waals surface area (Å²) < 4.78 is 5.04. The van der Waals surface area contributed by atoms with Crippen LogP contribution in [0.5, 0.6) is 5.75 Å². The van der Waals surface area contributed by atoms with Crippen molar-refractivity contribution >= 4 is 6.08 Å². The SMILES string of the molecule is COc1ccc(/C=C/C(C)C#N)cc1.